The minimum Gasteiger partial charge on any atom is -0.456 e. The van der Waals surface area contributed by atoms with Crippen molar-refractivity contribution in [1.29, 1.82) is 0 Å². The van der Waals surface area contributed by atoms with Crippen LogP contribution in [-0.4, -0.2) is 6.71 Å². The molecule has 0 N–H and O–H groups in total. The van der Waals surface area contributed by atoms with Gasteiger partial charge < -0.3 is 14.2 Å². The van der Waals surface area contributed by atoms with Crippen molar-refractivity contribution in [2.45, 2.75) is 122 Å². The molecule has 12 rings (SSSR count). The number of benzene rings is 7. The molecule has 0 radical (unpaired) electrons. The Hall–Kier alpha value is -6.00. The molecule has 2 aliphatic heterocycles. The molecule has 65 heavy (non-hydrogen) atoms. The topological polar surface area (TPSA) is 19.6 Å². The first-order valence-electron chi connectivity index (χ1n) is 24.4. The molecule has 1 saturated carbocycles. The van der Waals surface area contributed by atoms with Crippen LogP contribution in [0.15, 0.2) is 138 Å². The quantitative estimate of drug-likeness (QED) is 0.165. The lowest BCUT2D eigenvalue weighted by Gasteiger charge is -2.48. The fraction of sp³-hybridized carbons (Fsp3) is 0.311. The lowest BCUT2D eigenvalue weighted by Crippen LogP contribution is -2.62. The summed E-state index contributed by atoms with van der Waals surface area (Å²) in [7, 11) is 0. The predicted molar refractivity (Wildman–Crippen MR) is 278 cm³/mol. The maximum atomic E-state index is 6.83. The van der Waals surface area contributed by atoms with Gasteiger partial charge in [0.05, 0.1) is 5.69 Å². The SMILES string of the molecule is Cc1cc(C(C)(C)C)ccc1N1c2cc3c(cc2B2c4cc5oc6ccccc6c5cc4N(c4ccccc4-c4ccccc4)c4cc(C5CCCCC5)cc1c42)C(C)(C)CCC3(C)C. The van der Waals surface area contributed by atoms with Crippen LogP contribution in [0, 0.1) is 6.92 Å². The van der Waals surface area contributed by atoms with Crippen LogP contribution in [0.4, 0.5) is 34.1 Å². The summed E-state index contributed by atoms with van der Waals surface area (Å²) in [6, 6.07) is 51.5. The molecule has 0 atom stereocenters. The van der Waals surface area contributed by atoms with Gasteiger partial charge in [0.25, 0.3) is 6.71 Å². The second kappa shape index (κ2) is 14.5. The van der Waals surface area contributed by atoms with E-state index >= 15 is 0 Å². The largest absolute Gasteiger partial charge is 0.456 e. The number of furan rings is 1. The molecule has 3 heterocycles. The van der Waals surface area contributed by atoms with E-state index in [1.54, 1.807) is 0 Å². The number of hydrogen-bond acceptors (Lipinski definition) is 3. The number of rotatable bonds is 4. The molecule has 1 aromatic heterocycles. The van der Waals surface area contributed by atoms with Crippen molar-refractivity contribution in [3.63, 3.8) is 0 Å². The third kappa shape index (κ3) is 6.29. The number of aryl methyl sites for hydroxylation is 1. The second-order valence-corrected chi connectivity index (χ2v) is 22.3. The molecule has 2 aliphatic carbocycles. The van der Waals surface area contributed by atoms with Crippen LogP contribution in [0.25, 0.3) is 33.1 Å². The van der Waals surface area contributed by atoms with E-state index in [9.17, 15) is 0 Å². The Morgan fingerprint density at radius 2 is 1.18 bits per heavy atom. The van der Waals surface area contributed by atoms with Crippen molar-refractivity contribution in [1.82, 2.24) is 0 Å². The van der Waals surface area contributed by atoms with Gasteiger partial charge in [0.15, 0.2) is 0 Å². The Morgan fingerprint density at radius 3 is 1.91 bits per heavy atom. The van der Waals surface area contributed by atoms with E-state index < -0.39 is 0 Å². The van der Waals surface area contributed by atoms with Gasteiger partial charge in [-0.15, -0.1) is 0 Å². The molecule has 0 unspecified atom stereocenters. The first kappa shape index (κ1) is 40.5. The van der Waals surface area contributed by atoms with E-state index in [0.29, 0.717) is 5.92 Å². The molecule has 7 aromatic carbocycles. The van der Waals surface area contributed by atoms with Crippen molar-refractivity contribution in [3.05, 3.63) is 161 Å². The van der Waals surface area contributed by atoms with Crippen LogP contribution < -0.4 is 26.2 Å². The maximum absolute atomic E-state index is 6.83. The molecule has 0 amide bonds. The van der Waals surface area contributed by atoms with Gasteiger partial charge in [-0.25, -0.2) is 0 Å². The highest BCUT2D eigenvalue weighted by Gasteiger charge is 2.47. The molecular formula is C61H61BN2O. The van der Waals surface area contributed by atoms with Crippen LogP contribution in [0.3, 0.4) is 0 Å². The smallest absolute Gasteiger partial charge is 0.252 e. The Kier molecular flexibility index (Phi) is 9.04. The van der Waals surface area contributed by atoms with E-state index in [2.05, 4.69) is 199 Å². The molecule has 0 bridgehead atoms. The number of nitrogens with zero attached hydrogens (tertiary/aromatic N) is 2. The highest BCUT2D eigenvalue weighted by Crippen LogP contribution is 2.53. The summed E-state index contributed by atoms with van der Waals surface area (Å²) in [4.78, 5) is 5.37. The number of anilines is 6. The lowest BCUT2D eigenvalue weighted by molar-refractivity contribution is 0.332. The van der Waals surface area contributed by atoms with Crippen LogP contribution in [0.1, 0.15) is 127 Å². The van der Waals surface area contributed by atoms with Gasteiger partial charge in [0.1, 0.15) is 11.2 Å². The zero-order valence-electron chi connectivity index (χ0n) is 39.6. The molecule has 0 saturated heterocycles. The van der Waals surface area contributed by atoms with Gasteiger partial charge in [-0.1, -0.05) is 153 Å². The zero-order chi connectivity index (χ0) is 44.6. The summed E-state index contributed by atoms with van der Waals surface area (Å²) in [6.07, 6.45) is 8.69. The third-order valence-electron chi connectivity index (χ3n) is 16.2. The van der Waals surface area contributed by atoms with E-state index in [0.717, 1.165) is 21.9 Å². The molecule has 0 spiro atoms. The summed E-state index contributed by atoms with van der Waals surface area (Å²) >= 11 is 0. The summed E-state index contributed by atoms with van der Waals surface area (Å²) in [5, 5.41) is 2.32. The first-order chi connectivity index (χ1) is 31.3. The Labute approximate surface area is 386 Å². The Bertz CT molecular complexity index is 3210. The third-order valence-corrected chi connectivity index (χ3v) is 16.2. The van der Waals surface area contributed by atoms with Crippen molar-refractivity contribution in [3.8, 4) is 11.1 Å². The average molecular weight is 849 g/mol. The van der Waals surface area contributed by atoms with E-state index in [1.165, 1.54) is 134 Å². The monoisotopic (exact) mass is 848 g/mol. The average Bonchev–Trinajstić information content (AvgIpc) is 3.67. The molecule has 3 nitrogen and oxygen atoms in total. The molecule has 4 heteroatoms. The van der Waals surface area contributed by atoms with Gasteiger partial charge in [-0.3, -0.25) is 0 Å². The van der Waals surface area contributed by atoms with Crippen molar-refractivity contribution in [2.75, 3.05) is 9.80 Å². The normalized spacial score (nSPS) is 17.5. The minimum atomic E-state index is -0.0142. The van der Waals surface area contributed by atoms with Crippen LogP contribution in [0.5, 0.6) is 0 Å². The fourth-order valence-electron chi connectivity index (χ4n) is 12.4. The van der Waals surface area contributed by atoms with Gasteiger partial charge in [0.2, 0.25) is 0 Å². The summed E-state index contributed by atoms with van der Waals surface area (Å²) in [5.41, 5.74) is 23.3. The molecule has 1 fully saturated rings. The van der Waals surface area contributed by atoms with Crippen LogP contribution in [0.2, 0.25) is 0 Å². The highest BCUT2D eigenvalue weighted by molar-refractivity contribution is 7.00. The molecular weight excluding hydrogens is 787 g/mol. The summed E-state index contributed by atoms with van der Waals surface area (Å²) in [5.74, 6) is 0.507. The van der Waals surface area contributed by atoms with Gasteiger partial charge in [-0.2, -0.15) is 0 Å². The Balaban J connectivity index is 1.24. The number of para-hydroxylation sites is 2. The Morgan fingerprint density at radius 1 is 0.554 bits per heavy atom. The van der Waals surface area contributed by atoms with Gasteiger partial charge in [-0.05, 0) is 153 Å². The summed E-state index contributed by atoms with van der Waals surface area (Å²) < 4.78 is 6.83. The number of fused-ring (bicyclic) bond motifs is 8. The standard InChI is InChI=1S/C61H61BN2O/c1-38-31-42(59(2,3)4)27-28-50(38)63-53-36-47-46(60(5,6)29-30-61(47,7)8)35-48(53)62-49-37-57-45(44-24-16-18-26-56(44)65-57)34-52(49)64(51-25-17-15-23-43(51)40-21-13-10-14-22-40)55-33-41(32-54(63)58(55)62)39-19-11-9-12-20-39/h10,13-18,21-28,31-37,39H,9,11-12,19-20,29-30H2,1-8H3. The lowest BCUT2D eigenvalue weighted by atomic mass is 9.33. The minimum absolute atomic E-state index is 0.0142. The van der Waals surface area contributed by atoms with E-state index in [4.69, 9.17) is 4.42 Å². The van der Waals surface area contributed by atoms with Crippen LogP contribution in [-0.2, 0) is 16.2 Å². The second-order valence-electron chi connectivity index (χ2n) is 22.3. The predicted octanol–water partition coefficient (Wildman–Crippen LogP) is 15.3. The van der Waals surface area contributed by atoms with E-state index in [1.807, 2.05) is 0 Å². The number of hydrogen-bond donors (Lipinski definition) is 0. The van der Waals surface area contributed by atoms with Crippen LogP contribution >= 0.6 is 0 Å². The highest BCUT2D eigenvalue weighted by atomic mass is 16.3. The van der Waals surface area contributed by atoms with Crippen molar-refractivity contribution < 1.29 is 4.42 Å². The summed E-state index contributed by atoms with van der Waals surface area (Å²) in [6.45, 7) is 19.3. The fourth-order valence-corrected chi connectivity index (χ4v) is 12.4. The first-order valence-corrected chi connectivity index (χ1v) is 24.4. The molecule has 8 aromatic rings. The van der Waals surface area contributed by atoms with Gasteiger partial charge in [0, 0.05) is 44.8 Å². The van der Waals surface area contributed by atoms with Crippen molar-refractivity contribution >= 4 is 79.2 Å². The molecule has 324 valence electrons. The van der Waals surface area contributed by atoms with Gasteiger partial charge >= 0.3 is 0 Å². The molecule has 4 aliphatic rings. The maximum Gasteiger partial charge on any atom is 0.252 e. The van der Waals surface area contributed by atoms with Crippen molar-refractivity contribution in [2.24, 2.45) is 0 Å². The zero-order valence-corrected chi connectivity index (χ0v) is 39.6. The van der Waals surface area contributed by atoms with E-state index in [-0.39, 0.29) is 23.0 Å².